The molecule has 0 bridgehead atoms. The quantitative estimate of drug-likeness (QED) is 0.0474. The maximum absolute atomic E-state index is 13.9. The lowest BCUT2D eigenvalue weighted by atomic mass is 9.84. The minimum absolute atomic E-state index is 0.0279. The van der Waals surface area contributed by atoms with Gasteiger partial charge in [-0.05, 0) is 43.6 Å². The molecular weight excluding hydrogens is 795 g/mol. The van der Waals surface area contributed by atoms with E-state index in [9.17, 15) is 63.6 Å². The number of nitrogens with zero attached hydrogens (tertiary/aromatic N) is 5. The topological polar surface area (TPSA) is 275 Å². The summed E-state index contributed by atoms with van der Waals surface area (Å²) >= 11 is 1.46. The minimum Gasteiger partial charge on any atom is -0.480 e. The number of imide groups is 1. The Kier molecular flexibility index (Phi) is 22.9. The van der Waals surface area contributed by atoms with Crippen molar-refractivity contribution in [2.24, 2.45) is 11.8 Å². The highest BCUT2D eigenvalue weighted by atomic mass is 32.2. The number of aliphatic carboxylic acids is 4. The lowest BCUT2D eigenvalue weighted by Gasteiger charge is -2.33. The van der Waals surface area contributed by atoms with Crippen molar-refractivity contribution in [2.45, 2.75) is 64.5 Å². The van der Waals surface area contributed by atoms with Crippen molar-refractivity contribution in [1.29, 1.82) is 0 Å². The molecule has 2 heterocycles. The summed E-state index contributed by atoms with van der Waals surface area (Å²) in [6, 6.07) is -2.25. The Morgan fingerprint density at radius 3 is 1.54 bits per heavy atom. The van der Waals surface area contributed by atoms with Gasteiger partial charge in [-0.15, -0.1) is 0 Å². The standard InChI is InChI=1S/C38H61N7O13S/c1-4-26(2)27(37(56)40-29(38(57)58)7-5-6-11-45-32(48)8-9-33(45)49)21-30(46)28(10-20-59-3)39-31(47)22-41-12-14-42(23-34(50)51)16-18-44(25-36(54)55)19-17-43(15-13-41)24-35(52)53/h8-9,26-29H,4-7,10-25H2,1-3H3,(H,39,47)(H,40,56)(H,50,51)(H,52,53)(H,54,55)(H,57,58)/t26-,27-,28-,29-/m0/s1. The lowest BCUT2D eigenvalue weighted by Crippen LogP contribution is -2.51. The van der Waals surface area contributed by atoms with Gasteiger partial charge in [-0.1, -0.05) is 20.3 Å². The van der Waals surface area contributed by atoms with Crippen LogP contribution in [0.15, 0.2) is 12.2 Å². The monoisotopic (exact) mass is 855 g/mol. The van der Waals surface area contributed by atoms with Crippen LogP contribution in [0.1, 0.15) is 52.4 Å². The van der Waals surface area contributed by atoms with E-state index < -0.39 is 71.3 Å². The van der Waals surface area contributed by atoms with E-state index in [1.807, 2.05) is 13.2 Å². The lowest BCUT2D eigenvalue weighted by molar-refractivity contribution is -0.143. The number of rotatable bonds is 25. The van der Waals surface area contributed by atoms with E-state index in [1.54, 1.807) is 26.5 Å². The molecule has 0 aromatic carbocycles. The Hall–Kier alpha value is -4.44. The van der Waals surface area contributed by atoms with Gasteiger partial charge < -0.3 is 31.1 Å². The molecule has 2 rings (SSSR count). The maximum atomic E-state index is 13.9. The molecule has 1 fully saturated rings. The summed E-state index contributed by atoms with van der Waals surface area (Å²) in [5, 5.41) is 43.7. The second-order valence-electron chi connectivity index (χ2n) is 14.9. The van der Waals surface area contributed by atoms with Gasteiger partial charge in [-0.3, -0.25) is 62.9 Å². The zero-order valence-electron chi connectivity index (χ0n) is 34.2. The van der Waals surface area contributed by atoms with Gasteiger partial charge in [0.2, 0.25) is 11.8 Å². The first-order chi connectivity index (χ1) is 27.9. The molecule has 21 heteroatoms. The number of hydrogen-bond acceptors (Lipinski definition) is 14. The van der Waals surface area contributed by atoms with E-state index in [4.69, 9.17) is 0 Å². The van der Waals surface area contributed by atoms with Gasteiger partial charge in [0.25, 0.3) is 11.8 Å². The summed E-state index contributed by atoms with van der Waals surface area (Å²) in [6.07, 6.45) is 5.30. The number of carboxylic acid groups (broad SMARTS) is 4. The number of carbonyl (C=O) groups excluding carboxylic acids is 5. The van der Waals surface area contributed by atoms with E-state index in [1.165, 1.54) is 11.8 Å². The average Bonchev–Trinajstić information content (AvgIpc) is 3.48. The normalized spacial score (nSPS) is 18.6. The van der Waals surface area contributed by atoms with Gasteiger partial charge in [0.1, 0.15) is 6.04 Å². The fourth-order valence-electron chi connectivity index (χ4n) is 6.78. The fraction of sp³-hybridized carbons (Fsp3) is 0.711. The number of unbranched alkanes of at least 4 members (excludes halogenated alkanes) is 1. The zero-order valence-corrected chi connectivity index (χ0v) is 35.0. The molecule has 0 saturated carbocycles. The van der Waals surface area contributed by atoms with E-state index in [2.05, 4.69) is 10.6 Å². The van der Waals surface area contributed by atoms with Crippen LogP contribution in [0.5, 0.6) is 0 Å². The number of amides is 4. The number of Topliss-reactive ketones (excluding diaryl/α,β-unsaturated/α-hetero) is 1. The van der Waals surface area contributed by atoms with Crippen LogP contribution in [0.2, 0.25) is 0 Å². The summed E-state index contributed by atoms with van der Waals surface area (Å²) in [5.41, 5.74) is 0. The van der Waals surface area contributed by atoms with Gasteiger partial charge in [-0.2, -0.15) is 11.8 Å². The first-order valence-electron chi connectivity index (χ1n) is 19.9. The Bertz CT molecular complexity index is 1470. The summed E-state index contributed by atoms with van der Waals surface area (Å²) in [7, 11) is 0. The first kappa shape index (κ1) is 50.7. The van der Waals surface area contributed by atoms with Crippen molar-refractivity contribution in [3.63, 3.8) is 0 Å². The third-order valence-electron chi connectivity index (χ3n) is 10.4. The van der Waals surface area contributed by atoms with E-state index >= 15 is 0 Å². The number of thioether (sulfide) groups is 1. The van der Waals surface area contributed by atoms with Gasteiger partial charge in [0, 0.05) is 83.4 Å². The third kappa shape index (κ3) is 19.5. The van der Waals surface area contributed by atoms with Crippen LogP contribution in [0.4, 0.5) is 0 Å². The van der Waals surface area contributed by atoms with Crippen molar-refractivity contribution in [3.05, 3.63) is 12.2 Å². The molecule has 0 aromatic heterocycles. The van der Waals surface area contributed by atoms with Gasteiger partial charge in [-0.25, -0.2) is 4.79 Å². The summed E-state index contributed by atoms with van der Waals surface area (Å²) in [6.45, 7) is 4.24. The Balaban J connectivity index is 2.16. The summed E-state index contributed by atoms with van der Waals surface area (Å²) in [5.74, 6) is -7.67. The highest BCUT2D eigenvalue weighted by Gasteiger charge is 2.33. The van der Waals surface area contributed by atoms with Gasteiger partial charge in [0.15, 0.2) is 5.78 Å². The molecule has 0 radical (unpaired) electrons. The van der Waals surface area contributed by atoms with Crippen LogP contribution in [0.3, 0.4) is 0 Å². The largest absolute Gasteiger partial charge is 0.480 e. The van der Waals surface area contributed by atoms with Crippen LogP contribution in [-0.4, -0.2) is 207 Å². The second kappa shape index (κ2) is 26.6. The molecule has 20 nitrogen and oxygen atoms in total. The molecule has 332 valence electrons. The van der Waals surface area contributed by atoms with Crippen LogP contribution in [0.25, 0.3) is 0 Å². The molecule has 0 unspecified atom stereocenters. The Morgan fingerprint density at radius 1 is 0.678 bits per heavy atom. The molecule has 2 aliphatic heterocycles. The molecule has 0 aliphatic carbocycles. The molecule has 0 spiro atoms. The van der Waals surface area contributed by atoms with Gasteiger partial charge in [0.05, 0.1) is 32.2 Å². The average molecular weight is 856 g/mol. The van der Waals surface area contributed by atoms with Crippen molar-refractivity contribution in [1.82, 2.24) is 35.1 Å². The molecule has 6 N–H and O–H groups in total. The van der Waals surface area contributed by atoms with Crippen LogP contribution in [-0.2, 0) is 43.2 Å². The van der Waals surface area contributed by atoms with Crippen LogP contribution in [0, 0.1) is 11.8 Å². The first-order valence-corrected chi connectivity index (χ1v) is 21.3. The zero-order chi connectivity index (χ0) is 44.1. The molecule has 0 aromatic rings. The smallest absolute Gasteiger partial charge is 0.326 e. The summed E-state index contributed by atoms with van der Waals surface area (Å²) in [4.78, 5) is 119. The van der Waals surface area contributed by atoms with E-state index in [-0.39, 0.29) is 110 Å². The Morgan fingerprint density at radius 2 is 1.14 bits per heavy atom. The minimum atomic E-state index is -1.28. The van der Waals surface area contributed by atoms with Crippen LogP contribution < -0.4 is 10.6 Å². The SMILES string of the molecule is CC[C@H](C)[C@H](CC(=O)[C@H](CCSC)NC(=O)CN1CCN(CC(=O)O)CCN(CC(=O)O)CCN(CC(=O)O)CC1)C(=O)N[C@@H](CCCCN1C(=O)C=CC1=O)C(=O)O. The highest BCUT2D eigenvalue weighted by Crippen LogP contribution is 2.22. The molecule has 1 saturated heterocycles. The Labute approximate surface area is 348 Å². The van der Waals surface area contributed by atoms with Crippen molar-refractivity contribution in [2.75, 3.05) is 97.1 Å². The highest BCUT2D eigenvalue weighted by molar-refractivity contribution is 7.98. The fourth-order valence-corrected chi connectivity index (χ4v) is 7.25. The molecule has 59 heavy (non-hydrogen) atoms. The van der Waals surface area contributed by atoms with E-state index in [0.29, 0.717) is 25.0 Å². The van der Waals surface area contributed by atoms with Crippen molar-refractivity contribution < 1.29 is 63.6 Å². The second-order valence-corrected chi connectivity index (χ2v) is 15.9. The van der Waals surface area contributed by atoms with Crippen molar-refractivity contribution >= 4 is 65.1 Å². The van der Waals surface area contributed by atoms with Crippen LogP contribution >= 0.6 is 11.8 Å². The van der Waals surface area contributed by atoms with Gasteiger partial charge >= 0.3 is 23.9 Å². The maximum Gasteiger partial charge on any atom is 0.326 e. The summed E-state index contributed by atoms with van der Waals surface area (Å²) < 4.78 is 0. The molecule has 2 aliphatic rings. The third-order valence-corrected chi connectivity index (χ3v) is 11.1. The number of carboxylic acids is 4. The predicted octanol–water partition coefficient (Wildman–Crippen LogP) is -1.01. The number of hydrogen-bond donors (Lipinski definition) is 6. The van der Waals surface area contributed by atoms with E-state index in [0.717, 1.165) is 17.1 Å². The molecular formula is C38H61N7O13S. The number of carbonyl (C=O) groups is 9. The molecule has 4 atom stereocenters. The number of ketones is 1. The van der Waals surface area contributed by atoms with Crippen molar-refractivity contribution in [3.8, 4) is 0 Å². The predicted molar refractivity (Wildman–Crippen MR) is 215 cm³/mol. The number of nitrogens with one attached hydrogen (secondary N) is 2. The molecule has 4 amide bonds.